The second-order valence-corrected chi connectivity index (χ2v) is 9.58. The highest BCUT2D eigenvalue weighted by Gasteiger charge is 2.30. The van der Waals surface area contributed by atoms with Crippen LogP contribution in [0.25, 0.3) is 11.3 Å². The van der Waals surface area contributed by atoms with E-state index in [0.717, 1.165) is 5.69 Å². The lowest BCUT2D eigenvalue weighted by Gasteiger charge is -2.38. The first-order valence-corrected chi connectivity index (χ1v) is 11.9. The van der Waals surface area contributed by atoms with Gasteiger partial charge >= 0.3 is 11.8 Å². The number of methoxy groups -OCH3 is 1. The number of nitrogens with one attached hydrogen (secondary N) is 3. The molecule has 196 valence electrons. The number of aromatic amines is 1. The predicted octanol–water partition coefficient (Wildman–Crippen LogP) is 1.67. The number of nitrogens with zero attached hydrogens (tertiary/aromatic N) is 4. The van der Waals surface area contributed by atoms with Crippen molar-refractivity contribution in [2.45, 2.75) is 26.3 Å². The molecule has 0 atom stereocenters. The molecule has 3 aromatic rings. The van der Waals surface area contributed by atoms with Crippen LogP contribution in [0, 0.1) is 6.92 Å². The van der Waals surface area contributed by atoms with Crippen molar-refractivity contribution in [2.75, 3.05) is 45.2 Å². The molecule has 12 heteroatoms. The standard InChI is InChI=1S/C25H31N7O5/c1-16-11-19(30-29-16)24(35)32-9-7-31(8-10-32)14-25(2,3)28-23(34)22(33)27-17-5-6-18(20(12-17)36-4)21-13-26-15-37-21/h5-6,11-13,15H,7-10,14H2,1-4H3,(H,27,33)(H,28,34)(H,29,30). The Kier molecular flexibility index (Phi) is 7.58. The van der Waals surface area contributed by atoms with Crippen LogP contribution in [0.1, 0.15) is 30.0 Å². The highest BCUT2D eigenvalue weighted by molar-refractivity contribution is 6.39. The van der Waals surface area contributed by atoms with Gasteiger partial charge in [0, 0.05) is 55.7 Å². The van der Waals surface area contributed by atoms with Crippen LogP contribution in [-0.2, 0) is 9.59 Å². The summed E-state index contributed by atoms with van der Waals surface area (Å²) in [5, 5.41) is 12.3. The van der Waals surface area contributed by atoms with E-state index in [2.05, 4.69) is 30.7 Å². The van der Waals surface area contributed by atoms with Gasteiger partial charge in [-0.1, -0.05) is 0 Å². The number of carbonyl (C=O) groups is 3. The number of benzene rings is 1. The number of H-pyrrole nitrogens is 1. The molecule has 3 N–H and O–H groups in total. The number of hydrogen-bond donors (Lipinski definition) is 3. The van der Waals surface area contributed by atoms with E-state index in [9.17, 15) is 14.4 Å². The number of hydrogen-bond acceptors (Lipinski definition) is 8. The Morgan fingerprint density at radius 3 is 2.51 bits per heavy atom. The molecule has 37 heavy (non-hydrogen) atoms. The summed E-state index contributed by atoms with van der Waals surface area (Å²) in [7, 11) is 1.50. The van der Waals surface area contributed by atoms with Crippen LogP contribution in [0.15, 0.2) is 41.3 Å². The Bertz CT molecular complexity index is 1260. The summed E-state index contributed by atoms with van der Waals surface area (Å²) in [6, 6.07) is 6.72. The first-order valence-electron chi connectivity index (χ1n) is 11.9. The second-order valence-electron chi connectivity index (χ2n) is 9.58. The normalized spacial score (nSPS) is 14.3. The number of carbonyl (C=O) groups excluding carboxylic acids is 3. The molecule has 0 saturated carbocycles. The lowest BCUT2D eigenvalue weighted by atomic mass is 10.0. The number of piperazine rings is 1. The lowest BCUT2D eigenvalue weighted by Crippen LogP contribution is -2.57. The van der Waals surface area contributed by atoms with E-state index in [-0.39, 0.29) is 5.91 Å². The molecule has 3 heterocycles. The topological polar surface area (TPSA) is 146 Å². The maximum Gasteiger partial charge on any atom is 0.313 e. The molecule has 1 saturated heterocycles. The Morgan fingerprint density at radius 1 is 1.14 bits per heavy atom. The molecular weight excluding hydrogens is 478 g/mol. The largest absolute Gasteiger partial charge is 0.496 e. The predicted molar refractivity (Wildman–Crippen MR) is 135 cm³/mol. The monoisotopic (exact) mass is 509 g/mol. The minimum atomic E-state index is -0.785. The van der Waals surface area contributed by atoms with E-state index in [1.807, 2.05) is 20.8 Å². The minimum absolute atomic E-state index is 0.0984. The first kappa shape index (κ1) is 25.9. The average molecular weight is 510 g/mol. The van der Waals surface area contributed by atoms with Crippen molar-refractivity contribution in [1.29, 1.82) is 0 Å². The first-order chi connectivity index (χ1) is 17.6. The van der Waals surface area contributed by atoms with E-state index in [1.54, 1.807) is 35.4 Å². The van der Waals surface area contributed by atoms with Crippen LogP contribution < -0.4 is 15.4 Å². The van der Waals surface area contributed by atoms with Gasteiger partial charge in [-0.05, 0) is 39.0 Å². The molecule has 1 fully saturated rings. The number of rotatable bonds is 7. The van der Waals surface area contributed by atoms with Gasteiger partial charge in [0.05, 0.1) is 18.9 Å². The fourth-order valence-corrected chi connectivity index (χ4v) is 4.27. The number of ether oxygens (including phenoxy) is 1. The smallest absolute Gasteiger partial charge is 0.313 e. The van der Waals surface area contributed by atoms with E-state index in [1.165, 1.54) is 13.5 Å². The highest BCUT2D eigenvalue weighted by atomic mass is 16.5. The summed E-state index contributed by atoms with van der Waals surface area (Å²) < 4.78 is 10.7. The van der Waals surface area contributed by atoms with E-state index < -0.39 is 17.4 Å². The van der Waals surface area contributed by atoms with Crippen molar-refractivity contribution >= 4 is 23.4 Å². The molecule has 0 unspecified atom stereocenters. The average Bonchev–Trinajstić information content (AvgIpc) is 3.55. The van der Waals surface area contributed by atoms with Gasteiger partial charge < -0.3 is 24.7 Å². The van der Waals surface area contributed by atoms with E-state index in [4.69, 9.17) is 9.15 Å². The fraction of sp³-hybridized carbons (Fsp3) is 0.400. The van der Waals surface area contributed by atoms with Gasteiger partial charge in [0.25, 0.3) is 5.91 Å². The number of aryl methyl sites for hydroxylation is 1. The molecule has 0 spiro atoms. The third-order valence-corrected chi connectivity index (χ3v) is 6.02. The minimum Gasteiger partial charge on any atom is -0.496 e. The third-order valence-electron chi connectivity index (χ3n) is 6.02. The van der Waals surface area contributed by atoms with Crippen LogP contribution in [0.2, 0.25) is 0 Å². The summed E-state index contributed by atoms with van der Waals surface area (Å²) in [6.45, 7) is 8.51. The maximum absolute atomic E-state index is 12.7. The SMILES string of the molecule is COc1cc(NC(=O)C(=O)NC(C)(C)CN2CCN(C(=O)c3cc(C)[nH]n3)CC2)ccc1-c1cnco1. The molecular formula is C25H31N7O5. The van der Waals surface area contributed by atoms with Crippen molar-refractivity contribution in [1.82, 2.24) is 30.3 Å². The van der Waals surface area contributed by atoms with Gasteiger partial charge in [0.2, 0.25) is 0 Å². The Labute approximate surface area is 214 Å². The van der Waals surface area contributed by atoms with Gasteiger partial charge in [0.1, 0.15) is 11.4 Å². The quantitative estimate of drug-likeness (QED) is 0.408. The molecule has 0 aliphatic carbocycles. The molecule has 0 bridgehead atoms. The van der Waals surface area contributed by atoms with Crippen molar-refractivity contribution in [3.63, 3.8) is 0 Å². The van der Waals surface area contributed by atoms with Crippen LogP contribution in [-0.4, -0.2) is 88.1 Å². The Hall–Kier alpha value is -4.19. The molecule has 12 nitrogen and oxygen atoms in total. The van der Waals surface area contributed by atoms with Crippen LogP contribution in [0.4, 0.5) is 5.69 Å². The summed E-state index contributed by atoms with van der Waals surface area (Å²) >= 11 is 0. The molecule has 1 aliphatic heterocycles. The van der Waals surface area contributed by atoms with Gasteiger partial charge in [-0.2, -0.15) is 5.10 Å². The number of aromatic nitrogens is 3. The molecule has 0 radical (unpaired) electrons. The van der Waals surface area contributed by atoms with Crippen LogP contribution in [0.3, 0.4) is 0 Å². The molecule has 2 aromatic heterocycles. The second kappa shape index (κ2) is 10.8. The Morgan fingerprint density at radius 2 is 1.89 bits per heavy atom. The summed E-state index contributed by atoms with van der Waals surface area (Å²) in [5.74, 6) is -0.636. The molecule has 3 amide bonds. The summed E-state index contributed by atoms with van der Waals surface area (Å²) in [6.07, 6.45) is 2.88. The number of oxazole rings is 1. The number of amides is 3. The zero-order valence-electron chi connectivity index (χ0n) is 21.3. The molecule has 4 rings (SSSR count). The molecule has 1 aromatic carbocycles. The lowest BCUT2D eigenvalue weighted by molar-refractivity contribution is -0.137. The summed E-state index contributed by atoms with van der Waals surface area (Å²) in [4.78, 5) is 45.7. The van der Waals surface area contributed by atoms with E-state index >= 15 is 0 Å². The third kappa shape index (κ3) is 6.33. The van der Waals surface area contributed by atoms with Gasteiger partial charge in [-0.15, -0.1) is 0 Å². The van der Waals surface area contributed by atoms with Crippen LogP contribution in [0.5, 0.6) is 5.75 Å². The van der Waals surface area contributed by atoms with Crippen LogP contribution >= 0.6 is 0 Å². The molecule has 1 aliphatic rings. The fourth-order valence-electron chi connectivity index (χ4n) is 4.27. The zero-order chi connectivity index (χ0) is 26.6. The van der Waals surface area contributed by atoms with Gasteiger partial charge in [0.15, 0.2) is 12.2 Å². The van der Waals surface area contributed by atoms with Crippen molar-refractivity contribution in [2.24, 2.45) is 0 Å². The van der Waals surface area contributed by atoms with E-state index in [0.29, 0.717) is 61.2 Å². The number of anilines is 1. The van der Waals surface area contributed by atoms with Gasteiger partial charge in [-0.3, -0.25) is 24.4 Å². The highest BCUT2D eigenvalue weighted by Crippen LogP contribution is 2.32. The zero-order valence-corrected chi connectivity index (χ0v) is 21.3. The van der Waals surface area contributed by atoms with Gasteiger partial charge in [-0.25, -0.2) is 4.98 Å². The summed E-state index contributed by atoms with van der Waals surface area (Å²) in [5.41, 5.74) is 1.66. The maximum atomic E-state index is 12.7. The van der Waals surface area contributed by atoms with Crippen molar-refractivity contribution < 1.29 is 23.5 Å². The van der Waals surface area contributed by atoms with Crippen molar-refractivity contribution in [3.05, 3.63) is 48.2 Å². The van der Waals surface area contributed by atoms with Crippen molar-refractivity contribution in [3.8, 4) is 17.1 Å². The Balaban J connectivity index is 1.28.